The molecule has 1 aromatic rings. The summed E-state index contributed by atoms with van der Waals surface area (Å²) in [5.41, 5.74) is 2.56. The largest absolute Gasteiger partial charge is 0.478 e. The van der Waals surface area contributed by atoms with Crippen LogP contribution < -0.4 is 0 Å². The van der Waals surface area contributed by atoms with E-state index in [9.17, 15) is 4.79 Å². The number of carboxylic acids is 1. The van der Waals surface area contributed by atoms with Crippen LogP contribution in [0.4, 0.5) is 0 Å². The number of imidazole rings is 1. The van der Waals surface area contributed by atoms with Gasteiger partial charge in [-0.3, -0.25) is 0 Å². The maximum absolute atomic E-state index is 10.8. The van der Waals surface area contributed by atoms with Gasteiger partial charge in [0, 0.05) is 11.3 Å². The zero-order valence-electron chi connectivity index (χ0n) is 9.49. The van der Waals surface area contributed by atoms with E-state index in [0.29, 0.717) is 6.54 Å². The SMILES string of the molecule is C=C(Cn1c(C)nc2c1CCCC2)C(=O)O. The third kappa shape index (κ3) is 1.87. The molecule has 1 heterocycles. The third-order valence-electron chi connectivity index (χ3n) is 3.07. The summed E-state index contributed by atoms with van der Waals surface area (Å²) in [5, 5.41) is 8.84. The van der Waals surface area contributed by atoms with Gasteiger partial charge >= 0.3 is 5.97 Å². The van der Waals surface area contributed by atoms with Crippen LogP contribution in [0.2, 0.25) is 0 Å². The van der Waals surface area contributed by atoms with Crippen molar-refractivity contribution in [2.75, 3.05) is 0 Å². The molecule has 0 atom stereocenters. The van der Waals surface area contributed by atoms with Gasteiger partial charge in [0.15, 0.2) is 0 Å². The van der Waals surface area contributed by atoms with Crippen LogP contribution in [-0.4, -0.2) is 20.6 Å². The van der Waals surface area contributed by atoms with Gasteiger partial charge in [-0.1, -0.05) is 6.58 Å². The molecule has 0 aliphatic heterocycles. The maximum atomic E-state index is 10.8. The predicted octanol–water partition coefficient (Wildman–Crippen LogP) is 1.71. The van der Waals surface area contributed by atoms with Gasteiger partial charge < -0.3 is 9.67 Å². The average Bonchev–Trinajstić information content (AvgIpc) is 2.55. The molecular formula is C12H16N2O2. The number of aromatic nitrogens is 2. The summed E-state index contributed by atoms with van der Waals surface area (Å²) in [7, 11) is 0. The fourth-order valence-electron chi connectivity index (χ4n) is 2.20. The highest BCUT2D eigenvalue weighted by molar-refractivity contribution is 5.85. The zero-order valence-corrected chi connectivity index (χ0v) is 9.49. The number of aryl methyl sites for hydroxylation is 2. The number of carbonyl (C=O) groups is 1. The van der Waals surface area contributed by atoms with Gasteiger partial charge in [0.25, 0.3) is 0 Å². The monoisotopic (exact) mass is 220 g/mol. The Morgan fingerprint density at radius 2 is 2.19 bits per heavy atom. The summed E-state index contributed by atoms with van der Waals surface area (Å²) < 4.78 is 1.99. The molecule has 4 heteroatoms. The lowest BCUT2D eigenvalue weighted by atomic mass is 10.0. The first kappa shape index (κ1) is 10.9. The lowest BCUT2D eigenvalue weighted by Gasteiger charge is -2.14. The minimum absolute atomic E-state index is 0.217. The van der Waals surface area contributed by atoms with Crippen molar-refractivity contribution in [2.45, 2.75) is 39.2 Å². The smallest absolute Gasteiger partial charge is 0.332 e. The van der Waals surface area contributed by atoms with Gasteiger partial charge in [-0.2, -0.15) is 0 Å². The fraction of sp³-hybridized carbons (Fsp3) is 0.500. The minimum Gasteiger partial charge on any atom is -0.478 e. The third-order valence-corrected chi connectivity index (χ3v) is 3.07. The Labute approximate surface area is 94.6 Å². The second kappa shape index (κ2) is 4.12. The molecule has 1 aliphatic carbocycles. The van der Waals surface area contributed by atoms with E-state index in [2.05, 4.69) is 11.6 Å². The summed E-state index contributed by atoms with van der Waals surface area (Å²) >= 11 is 0. The normalized spacial score (nSPS) is 14.6. The number of aliphatic carboxylic acids is 1. The molecule has 4 nitrogen and oxygen atoms in total. The van der Waals surface area contributed by atoms with Crippen LogP contribution >= 0.6 is 0 Å². The molecule has 86 valence electrons. The quantitative estimate of drug-likeness (QED) is 0.789. The molecule has 0 radical (unpaired) electrons. The molecule has 0 bridgehead atoms. The van der Waals surface area contributed by atoms with Crippen molar-refractivity contribution in [3.05, 3.63) is 29.4 Å². The molecule has 0 saturated carbocycles. The van der Waals surface area contributed by atoms with E-state index in [0.717, 1.165) is 30.8 Å². The second-order valence-corrected chi connectivity index (χ2v) is 4.25. The molecule has 1 N–H and O–H groups in total. The first-order valence-corrected chi connectivity index (χ1v) is 5.55. The number of nitrogens with zero attached hydrogens (tertiary/aromatic N) is 2. The van der Waals surface area contributed by atoms with E-state index < -0.39 is 5.97 Å². The van der Waals surface area contributed by atoms with Crippen molar-refractivity contribution in [2.24, 2.45) is 0 Å². The Balaban J connectivity index is 2.30. The lowest BCUT2D eigenvalue weighted by Crippen LogP contribution is -2.14. The van der Waals surface area contributed by atoms with Crippen LogP contribution in [0.15, 0.2) is 12.2 Å². The number of fused-ring (bicyclic) bond motifs is 1. The van der Waals surface area contributed by atoms with Crippen LogP contribution in [0.5, 0.6) is 0 Å². The van der Waals surface area contributed by atoms with Gasteiger partial charge in [0.1, 0.15) is 5.82 Å². The van der Waals surface area contributed by atoms with E-state index in [1.54, 1.807) is 0 Å². The molecule has 16 heavy (non-hydrogen) atoms. The summed E-state index contributed by atoms with van der Waals surface area (Å²) in [6, 6.07) is 0. The van der Waals surface area contributed by atoms with Crippen molar-refractivity contribution in [1.82, 2.24) is 9.55 Å². The van der Waals surface area contributed by atoms with E-state index in [1.807, 2.05) is 11.5 Å². The van der Waals surface area contributed by atoms with Crippen molar-refractivity contribution in [3.8, 4) is 0 Å². The highest BCUT2D eigenvalue weighted by Gasteiger charge is 2.19. The maximum Gasteiger partial charge on any atom is 0.332 e. The van der Waals surface area contributed by atoms with Crippen molar-refractivity contribution >= 4 is 5.97 Å². The lowest BCUT2D eigenvalue weighted by molar-refractivity contribution is -0.132. The van der Waals surface area contributed by atoms with Gasteiger partial charge in [-0.05, 0) is 32.6 Å². The molecular weight excluding hydrogens is 204 g/mol. The molecule has 2 rings (SSSR count). The number of hydrogen-bond acceptors (Lipinski definition) is 2. The van der Waals surface area contributed by atoms with Crippen molar-refractivity contribution < 1.29 is 9.90 Å². The van der Waals surface area contributed by atoms with E-state index >= 15 is 0 Å². The molecule has 1 aromatic heterocycles. The minimum atomic E-state index is -0.933. The number of rotatable bonds is 3. The first-order valence-electron chi connectivity index (χ1n) is 5.55. The molecule has 0 amide bonds. The fourth-order valence-corrected chi connectivity index (χ4v) is 2.20. The van der Waals surface area contributed by atoms with Gasteiger partial charge in [-0.25, -0.2) is 9.78 Å². The Hall–Kier alpha value is -1.58. The summed E-state index contributed by atoms with van der Waals surface area (Å²) in [4.78, 5) is 15.3. The van der Waals surface area contributed by atoms with Crippen LogP contribution in [-0.2, 0) is 24.2 Å². The zero-order chi connectivity index (χ0) is 11.7. The van der Waals surface area contributed by atoms with E-state index in [1.165, 1.54) is 12.1 Å². The standard InChI is InChI=1S/C12H16N2O2/c1-8(12(15)16)7-14-9(2)13-10-5-3-4-6-11(10)14/h1,3-7H2,2H3,(H,15,16). The summed E-state index contributed by atoms with van der Waals surface area (Å²) in [5.74, 6) is -0.0352. The van der Waals surface area contributed by atoms with E-state index in [4.69, 9.17) is 5.11 Å². The molecule has 0 spiro atoms. The van der Waals surface area contributed by atoms with Crippen LogP contribution in [0, 0.1) is 6.92 Å². The van der Waals surface area contributed by atoms with Gasteiger partial charge in [-0.15, -0.1) is 0 Å². The Morgan fingerprint density at radius 1 is 1.50 bits per heavy atom. The Morgan fingerprint density at radius 3 is 2.88 bits per heavy atom. The first-order chi connectivity index (χ1) is 7.59. The molecule has 0 unspecified atom stereocenters. The highest BCUT2D eigenvalue weighted by atomic mass is 16.4. The molecule has 1 aliphatic rings. The van der Waals surface area contributed by atoms with Gasteiger partial charge in [0.2, 0.25) is 0 Å². The van der Waals surface area contributed by atoms with Crippen LogP contribution in [0.1, 0.15) is 30.1 Å². The summed E-state index contributed by atoms with van der Waals surface area (Å²) in [6.45, 7) is 5.85. The van der Waals surface area contributed by atoms with Crippen molar-refractivity contribution in [1.29, 1.82) is 0 Å². The van der Waals surface area contributed by atoms with Gasteiger partial charge in [0.05, 0.1) is 12.2 Å². The second-order valence-electron chi connectivity index (χ2n) is 4.25. The molecule has 0 saturated heterocycles. The predicted molar refractivity (Wildman–Crippen MR) is 60.4 cm³/mol. The number of hydrogen-bond donors (Lipinski definition) is 1. The Bertz CT molecular complexity index is 446. The molecule has 0 fully saturated rings. The topological polar surface area (TPSA) is 55.1 Å². The average molecular weight is 220 g/mol. The van der Waals surface area contributed by atoms with Crippen molar-refractivity contribution in [3.63, 3.8) is 0 Å². The Kier molecular flexibility index (Phi) is 2.81. The number of carboxylic acid groups (broad SMARTS) is 1. The highest BCUT2D eigenvalue weighted by Crippen LogP contribution is 2.22. The van der Waals surface area contributed by atoms with E-state index in [-0.39, 0.29) is 5.57 Å². The summed E-state index contributed by atoms with van der Waals surface area (Å²) in [6.07, 6.45) is 4.37. The van der Waals surface area contributed by atoms with Crippen LogP contribution in [0.3, 0.4) is 0 Å². The molecule has 0 aromatic carbocycles. The van der Waals surface area contributed by atoms with Crippen LogP contribution in [0.25, 0.3) is 0 Å².